The van der Waals surface area contributed by atoms with Gasteiger partial charge in [-0.2, -0.15) is 0 Å². The number of hydrazine groups is 1. The molecule has 16 heteroatoms. The first-order valence-corrected chi connectivity index (χ1v) is 21.0. The van der Waals surface area contributed by atoms with Crippen molar-refractivity contribution in [1.82, 2.24) is 30.4 Å². The largest absolute Gasteiger partial charge is 0.497 e. The Balaban J connectivity index is 1.20. The van der Waals surface area contributed by atoms with E-state index in [2.05, 4.69) is 15.5 Å². The van der Waals surface area contributed by atoms with Crippen molar-refractivity contribution in [3.63, 3.8) is 0 Å². The van der Waals surface area contributed by atoms with Crippen molar-refractivity contribution in [2.75, 3.05) is 20.2 Å². The first-order valence-electron chi connectivity index (χ1n) is 19.4. The van der Waals surface area contributed by atoms with Gasteiger partial charge in [0, 0.05) is 42.0 Å². The number of ether oxygens (including phenoxy) is 3. The molecule has 3 N–H and O–H groups in total. The highest BCUT2D eigenvalue weighted by Crippen LogP contribution is 2.48. The third-order valence-electron chi connectivity index (χ3n) is 10.6. The van der Waals surface area contributed by atoms with Crippen LogP contribution in [0.1, 0.15) is 72.1 Å². The van der Waals surface area contributed by atoms with E-state index in [1.165, 1.54) is 9.91 Å². The number of sulfonamides is 1. The fourth-order valence-corrected chi connectivity index (χ4v) is 8.80. The number of hydrogen-bond acceptors (Lipinski definition) is 10. The lowest BCUT2D eigenvalue weighted by atomic mass is 10.1. The molecule has 1 saturated heterocycles. The van der Waals surface area contributed by atoms with Crippen molar-refractivity contribution in [1.29, 1.82) is 0 Å². The number of amides is 5. The van der Waals surface area contributed by atoms with Crippen molar-refractivity contribution >= 4 is 44.9 Å². The molecule has 3 aromatic rings. The Morgan fingerprint density at radius 2 is 1.82 bits per heavy atom. The van der Waals surface area contributed by atoms with Gasteiger partial charge in [0.05, 0.1) is 42.1 Å². The molecule has 57 heavy (non-hydrogen) atoms. The van der Waals surface area contributed by atoms with Gasteiger partial charge in [-0.15, -0.1) is 0 Å². The lowest BCUT2D eigenvalue weighted by Gasteiger charge is -2.32. The maximum atomic E-state index is 14.5. The number of pyridine rings is 1. The number of rotatable bonds is 9. The molecule has 0 radical (unpaired) electrons. The van der Waals surface area contributed by atoms with E-state index < -0.39 is 62.5 Å². The summed E-state index contributed by atoms with van der Waals surface area (Å²) in [6.45, 7) is 5.30. The molecular formula is C41H50N6O9S. The molecule has 3 heterocycles. The Labute approximate surface area is 332 Å². The second kappa shape index (κ2) is 15.9. The molecule has 4 aliphatic rings. The van der Waals surface area contributed by atoms with Gasteiger partial charge in [0.2, 0.25) is 21.8 Å². The average molecular weight is 803 g/mol. The fraction of sp³-hybridized carbons (Fsp3) is 0.488. The second-order valence-electron chi connectivity index (χ2n) is 16.3. The summed E-state index contributed by atoms with van der Waals surface area (Å²) in [5, 5.41) is 4.37. The topological polar surface area (TPSA) is 186 Å². The highest BCUT2D eigenvalue weighted by molar-refractivity contribution is 7.90. The Morgan fingerprint density at radius 3 is 2.54 bits per heavy atom. The van der Waals surface area contributed by atoms with Crippen LogP contribution in [-0.4, -0.2) is 96.0 Å². The summed E-state index contributed by atoms with van der Waals surface area (Å²) in [7, 11) is -2.22. The smallest absolute Gasteiger partial charge is 0.426 e. The molecular weight excluding hydrogens is 753 g/mol. The third-order valence-corrected chi connectivity index (χ3v) is 12.4. The maximum Gasteiger partial charge on any atom is 0.426 e. The number of nitrogens with zero attached hydrogens (tertiary/aromatic N) is 3. The number of benzene rings is 2. The van der Waals surface area contributed by atoms with E-state index in [1.807, 2.05) is 60.7 Å². The average Bonchev–Trinajstić information content (AvgIpc) is 4.08. The van der Waals surface area contributed by atoms with Crippen LogP contribution in [-0.2, 0) is 24.3 Å². The van der Waals surface area contributed by atoms with Crippen LogP contribution in [0.2, 0.25) is 0 Å². The van der Waals surface area contributed by atoms with Gasteiger partial charge in [-0.3, -0.25) is 14.3 Å². The van der Waals surface area contributed by atoms with Gasteiger partial charge < -0.3 is 24.4 Å². The number of aromatic nitrogens is 1. The van der Waals surface area contributed by atoms with E-state index in [4.69, 9.17) is 19.2 Å². The quantitative estimate of drug-likeness (QED) is 0.243. The number of carbonyl (C=O) groups is 4. The predicted octanol–water partition coefficient (Wildman–Crippen LogP) is 5.21. The summed E-state index contributed by atoms with van der Waals surface area (Å²) in [5.74, 6) is -0.317. The van der Waals surface area contributed by atoms with Crippen LogP contribution in [0.15, 0.2) is 66.7 Å². The lowest BCUT2D eigenvalue weighted by Crippen LogP contribution is -2.58. The van der Waals surface area contributed by atoms with Gasteiger partial charge in [0.15, 0.2) is 0 Å². The molecule has 2 aliphatic heterocycles. The van der Waals surface area contributed by atoms with E-state index in [9.17, 15) is 27.6 Å². The molecule has 2 aromatic carbocycles. The van der Waals surface area contributed by atoms with Crippen molar-refractivity contribution in [2.45, 2.75) is 101 Å². The number of hydrogen-bond donors (Lipinski definition) is 3. The standard InChI is InChI=1S/C41H50N6O9S/c1-40(2,3)56-38(50)44-47-19-11-6-5-10-14-27-23-41(27,24-36(48)45-57(52,53)30-16-17-30)43-37(49)34-21-29(25-46(34)39(47)51)55-35-22-32(26-12-8-7-9-13-26)42-33-20-28(54-4)15-18-31(33)35/h7-10,12-15,18,20,22,27,29-30,34H,5-6,11,16-17,19,21,23-25H2,1-4H3,(H,43,49)(H,44,50)(H,45,48)/b14-10-/t27-,29?,34+,41?/m1/s1. The van der Waals surface area contributed by atoms with Crippen LogP contribution in [0, 0.1) is 5.92 Å². The summed E-state index contributed by atoms with van der Waals surface area (Å²) < 4.78 is 45.1. The molecule has 15 nitrogen and oxygen atoms in total. The number of urea groups is 1. The van der Waals surface area contributed by atoms with Crippen LogP contribution >= 0.6 is 0 Å². The molecule has 1 aromatic heterocycles. The van der Waals surface area contributed by atoms with Gasteiger partial charge in [0.1, 0.15) is 29.2 Å². The Hall–Kier alpha value is -5.38. The van der Waals surface area contributed by atoms with Gasteiger partial charge in [-0.25, -0.2) is 33.4 Å². The van der Waals surface area contributed by atoms with E-state index in [-0.39, 0.29) is 31.8 Å². The SMILES string of the molecule is COc1ccc2c(OC3C[C@H]4C(=O)NC5(CC(=O)NS(=O)(=O)C6CC6)C[C@H]5/C=C\CCCCN(NC(=O)OC(C)(C)C)C(=O)N4C3)cc(-c3ccccc3)nc2c1. The Kier molecular flexibility index (Phi) is 11.1. The number of methoxy groups -OCH3 is 1. The second-order valence-corrected chi connectivity index (χ2v) is 18.2. The van der Waals surface area contributed by atoms with Crippen molar-refractivity contribution in [3.8, 4) is 22.8 Å². The van der Waals surface area contributed by atoms with Gasteiger partial charge in [-0.05, 0) is 71.4 Å². The minimum atomic E-state index is -3.80. The first-order chi connectivity index (χ1) is 27.1. The van der Waals surface area contributed by atoms with E-state index in [0.717, 1.165) is 5.56 Å². The third kappa shape index (κ3) is 9.43. The summed E-state index contributed by atoms with van der Waals surface area (Å²) in [6, 6.07) is 15.2. The van der Waals surface area contributed by atoms with Gasteiger partial charge in [0.25, 0.3) is 0 Å². The molecule has 3 fully saturated rings. The molecule has 5 amide bonds. The van der Waals surface area contributed by atoms with Crippen molar-refractivity contribution in [2.24, 2.45) is 5.92 Å². The van der Waals surface area contributed by atoms with Gasteiger partial charge in [-0.1, -0.05) is 42.5 Å². The normalized spacial score (nSPS) is 24.7. The Morgan fingerprint density at radius 1 is 1.05 bits per heavy atom. The number of carbonyl (C=O) groups excluding carboxylic acids is 4. The number of fused-ring (bicyclic) bond motifs is 3. The summed E-state index contributed by atoms with van der Waals surface area (Å²) in [5.41, 5.74) is 2.87. The summed E-state index contributed by atoms with van der Waals surface area (Å²) >= 11 is 0. The highest BCUT2D eigenvalue weighted by Gasteiger charge is 2.57. The molecule has 2 aliphatic carbocycles. The molecule has 2 unspecified atom stereocenters. The maximum absolute atomic E-state index is 14.5. The monoisotopic (exact) mass is 802 g/mol. The predicted molar refractivity (Wildman–Crippen MR) is 211 cm³/mol. The number of nitrogens with one attached hydrogen (secondary N) is 3. The first kappa shape index (κ1) is 39.8. The molecule has 7 rings (SSSR count). The zero-order valence-electron chi connectivity index (χ0n) is 32.7. The minimum absolute atomic E-state index is 0.0134. The number of allylic oxidation sites excluding steroid dienone is 1. The van der Waals surface area contributed by atoms with Crippen LogP contribution in [0.3, 0.4) is 0 Å². The fourth-order valence-electron chi connectivity index (χ4n) is 7.49. The van der Waals surface area contributed by atoms with Crippen LogP contribution < -0.4 is 24.9 Å². The molecule has 0 bridgehead atoms. The van der Waals surface area contributed by atoms with Crippen molar-refractivity contribution < 1.29 is 41.8 Å². The van der Waals surface area contributed by atoms with Gasteiger partial charge >= 0.3 is 12.1 Å². The lowest BCUT2D eigenvalue weighted by molar-refractivity contribution is -0.126. The molecule has 2 saturated carbocycles. The Bertz CT molecular complexity index is 2170. The minimum Gasteiger partial charge on any atom is -0.497 e. The molecule has 0 spiro atoms. The van der Waals surface area contributed by atoms with Crippen LogP contribution in [0.5, 0.6) is 11.5 Å². The zero-order valence-corrected chi connectivity index (χ0v) is 33.5. The van der Waals surface area contributed by atoms with Crippen LogP contribution in [0.4, 0.5) is 9.59 Å². The highest BCUT2D eigenvalue weighted by atomic mass is 32.2. The summed E-state index contributed by atoms with van der Waals surface area (Å²) in [4.78, 5) is 61.5. The van der Waals surface area contributed by atoms with Crippen molar-refractivity contribution in [3.05, 3.63) is 66.7 Å². The molecule has 304 valence electrons. The zero-order chi connectivity index (χ0) is 40.5. The van der Waals surface area contributed by atoms with E-state index >= 15 is 0 Å². The van der Waals surface area contributed by atoms with E-state index in [1.54, 1.807) is 33.9 Å². The summed E-state index contributed by atoms with van der Waals surface area (Å²) in [6.07, 6.45) is 5.56. The van der Waals surface area contributed by atoms with E-state index in [0.29, 0.717) is 66.6 Å². The van der Waals surface area contributed by atoms with Crippen LogP contribution in [0.25, 0.3) is 22.2 Å². The molecule has 4 atom stereocenters.